The Hall–Kier alpha value is -1.76. The molecule has 1 fully saturated rings. The van der Waals surface area contributed by atoms with Gasteiger partial charge in [-0.2, -0.15) is 0 Å². The Morgan fingerprint density at radius 3 is 3.00 bits per heavy atom. The van der Waals surface area contributed by atoms with Crippen LogP contribution < -0.4 is 20.7 Å². The maximum atomic E-state index is 11.2. The summed E-state index contributed by atoms with van der Waals surface area (Å²) >= 11 is 3.47. The second-order valence-corrected chi connectivity index (χ2v) is 6.25. The average Bonchev–Trinajstić information content (AvgIpc) is 2.55. The predicted octanol–water partition coefficient (Wildman–Crippen LogP) is 1.79. The van der Waals surface area contributed by atoms with E-state index in [9.17, 15) is 4.79 Å². The largest absolute Gasteiger partial charge is 0.496 e. The highest BCUT2D eigenvalue weighted by atomic mass is 79.9. The summed E-state index contributed by atoms with van der Waals surface area (Å²) in [5, 5.41) is 9.48. The third kappa shape index (κ3) is 5.42. The van der Waals surface area contributed by atoms with Crippen molar-refractivity contribution in [1.82, 2.24) is 16.0 Å². The Kier molecular flexibility index (Phi) is 6.70. The zero-order chi connectivity index (χ0) is 16.7. The van der Waals surface area contributed by atoms with Crippen LogP contribution in [0.5, 0.6) is 5.75 Å². The summed E-state index contributed by atoms with van der Waals surface area (Å²) in [6.45, 7) is 3.94. The molecule has 0 saturated carbocycles. The van der Waals surface area contributed by atoms with Gasteiger partial charge in [-0.3, -0.25) is 4.79 Å². The number of piperidine rings is 1. The fourth-order valence-electron chi connectivity index (χ4n) is 2.40. The van der Waals surface area contributed by atoms with E-state index in [-0.39, 0.29) is 11.9 Å². The number of halogens is 1. The molecule has 0 radical (unpaired) electrons. The third-order valence-electron chi connectivity index (χ3n) is 3.60. The Morgan fingerprint density at radius 2 is 2.35 bits per heavy atom. The maximum Gasteiger partial charge on any atom is 0.220 e. The number of hydrogen-bond acceptors (Lipinski definition) is 3. The summed E-state index contributed by atoms with van der Waals surface area (Å²) < 4.78 is 6.37. The number of amides is 1. The van der Waals surface area contributed by atoms with Gasteiger partial charge in [0.2, 0.25) is 5.91 Å². The van der Waals surface area contributed by atoms with Crippen molar-refractivity contribution in [2.75, 3.05) is 20.2 Å². The van der Waals surface area contributed by atoms with Crippen molar-refractivity contribution in [3.63, 3.8) is 0 Å². The summed E-state index contributed by atoms with van der Waals surface area (Å²) in [6, 6.07) is 6.08. The van der Waals surface area contributed by atoms with Gasteiger partial charge in [0.25, 0.3) is 0 Å². The van der Waals surface area contributed by atoms with E-state index in [1.54, 1.807) is 7.11 Å². The van der Waals surface area contributed by atoms with Crippen molar-refractivity contribution in [3.05, 3.63) is 28.2 Å². The number of carbonyl (C=O) groups is 1. The molecule has 1 amide bonds. The lowest BCUT2D eigenvalue weighted by Crippen LogP contribution is -2.51. The highest BCUT2D eigenvalue weighted by molar-refractivity contribution is 9.10. The van der Waals surface area contributed by atoms with Crippen molar-refractivity contribution in [2.45, 2.75) is 32.4 Å². The van der Waals surface area contributed by atoms with Gasteiger partial charge in [-0.1, -0.05) is 15.9 Å². The van der Waals surface area contributed by atoms with E-state index in [1.807, 2.05) is 25.1 Å². The number of carbonyl (C=O) groups excluding carboxylic acids is 1. The molecule has 3 N–H and O–H groups in total. The molecule has 0 aliphatic carbocycles. The lowest BCUT2D eigenvalue weighted by molar-refractivity contribution is -0.122. The molecule has 1 atom stereocenters. The number of hydrogen-bond donors (Lipinski definition) is 3. The number of ether oxygens (including phenoxy) is 1. The molecule has 23 heavy (non-hydrogen) atoms. The lowest BCUT2D eigenvalue weighted by Gasteiger charge is -2.25. The fraction of sp³-hybridized carbons (Fsp3) is 0.500. The van der Waals surface area contributed by atoms with Crippen molar-refractivity contribution >= 4 is 27.8 Å². The van der Waals surface area contributed by atoms with Crippen LogP contribution in [0.2, 0.25) is 0 Å². The first-order chi connectivity index (χ1) is 11.1. The first kappa shape index (κ1) is 17.6. The molecule has 1 heterocycles. The van der Waals surface area contributed by atoms with Gasteiger partial charge in [-0.15, -0.1) is 0 Å². The molecule has 1 saturated heterocycles. The minimum atomic E-state index is 0.115. The molecule has 0 aromatic heterocycles. The molecule has 126 valence electrons. The van der Waals surface area contributed by atoms with Crippen LogP contribution in [0.25, 0.3) is 0 Å². The number of nitrogens with zero attached hydrogens (tertiary/aromatic N) is 1. The second-order valence-electron chi connectivity index (χ2n) is 5.34. The SMILES string of the molecule is CCNC(=NCc1cc(Br)ccc1OC)NC1CCC(=O)NC1. The van der Waals surface area contributed by atoms with Crippen molar-refractivity contribution in [3.8, 4) is 5.75 Å². The minimum Gasteiger partial charge on any atom is -0.496 e. The van der Waals surface area contributed by atoms with E-state index in [4.69, 9.17) is 4.74 Å². The van der Waals surface area contributed by atoms with Crippen LogP contribution in [0.1, 0.15) is 25.3 Å². The van der Waals surface area contributed by atoms with Gasteiger partial charge in [-0.25, -0.2) is 4.99 Å². The summed E-state index contributed by atoms with van der Waals surface area (Å²) in [6.07, 6.45) is 1.37. The van der Waals surface area contributed by atoms with Crippen molar-refractivity contribution in [2.24, 2.45) is 4.99 Å². The highest BCUT2D eigenvalue weighted by Crippen LogP contribution is 2.23. The summed E-state index contributed by atoms with van der Waals surface area (Å²) in [5.41, 5.74) is 1.01. The molecule has 1 aromatic carbocycles. The number of methoxy groups -OCH3 is 1. The summed E-state index contributed by atoms with van der Waals surface area (Å²) in [5.74, 6) is 1.68. The minimum absolute atomic E-state index is 0.115. The first-order valence-electron chi connectivity index (χ1n) is 7.76. The van der Waals surface area contributed by atoms with Gasteiger partial charge in [-0.05, 0) is 31.5 Å². The van der Waals surface area contributed by atoms with Gasteiger partial charge in [0.05, 0.1) is 13.7 Å². The zero-order valence-corrected chi connectivity index (χ0v) is 15.1. The smallest absolute Gasteiger partial charge is 0.220 e. The molecular weight excluding hydrogens is 360 g/mol. The van der Waals surface area contributed by atoms with Crippen molar-refractivity contribution < 1.29 is 9.53 Å². The number of benzene rings is 1. The number of aliphatic imine (C=N–C) groups is 1. The lowest BCUT2D eigenvalue weighted by atomic mass is 10.1. The maximum absolute atomic E-state index is 11.2. The zero-order valence-electron chi connectivity index (χ0n) is 13.5. The quantitative estimate of drug-likeness (QED) is 0.536. The van der Waals surface area contributed by atoms with Gasteiger partial charge < -0.3 is 20.7 Å². The Balaban J connectivity index is 2.03. The van der Waals surface area contributed by atoms with E-state index in [0.717, 1.165) is 34.7 Å². The molecule has 0 spiro atoms. The van der Waals surface area contributed by atoms with E-state index >= 15 is 0 Å². The molecule has 1 unspecified atom stereocenters. The number of guanidine groups is 1. The highest BCUT2D eigenvalue weighted by Gasteiger charge is 2.18. The topological polar surface area (TPSA) is 74.8 Å². The van der Waals surface area contributed by atoms with E-state index in [0.29, 0.717) is 19.5 Å². The van der Waals surface area contributed by atoms with Crippen LogP contribution in [0, 0.1) is 0 Å². The van der Waals surface area contributed by atoms with Gasteiger partial charge >= 0.3 is 0 Å². The Labute approximate surface area is 145 Å². The first-order valence-corrected chi connectivity index (χ1v) is 8.55. The fourth-order valence-corrected chi connectivity index (χ4v) is 2.81. The van der Waals surface area contributed by atoms with Gasteiger partial charge in [0, 0.05) is 35.6 Å². The van der Waals surface area contributed by atoms with Crippen LogP contribution in [0.15, 0.2) is 27.7 Å². The molecule has 2 rings (SSSR count). The Bertz CT molecular complexity index is 567. The number of nitrogens with one attached hydrogen (secondary N) is 3. The molecule has 6 nitrogen and oxygen atoms in total. The third-order valence-corrected chi connectivity index (χ3v) is 4.09. The molecule has 7 heteroatoms. The molecule has 0 bridgehead atoms. The van der Waals surface area contributed by atoms with E-state index in [1.165, 1.54) is 0 Å². The molecule has 1 aromatic rings. The standard InChI is InChI=1S/C16H23BrN4O2/c1-3-18-16(21-13-5-7-15(22)19-10-13)20-9-11-8-12(17)4-6-14(11)23-2/h4,6,8,13H,3,5,7,9-10H2,1-2H3,(H,19,22)(H2,18,20,21). The Morgan fingerprint density at radius 1 is 1.52 bits per heavy atom. The monoisotopic (exact) mass is 382 g/mol. The summed E-state index contributed by atoms with van der Waals surface area (Å²) in [4.78, 5) is 15.9. The molecule has 1 aliphatic rings. The normalized spacial score (nSPS) is 18.3. The molecule has 1 aliphatic heterocycles. The van der Waals surface area contributed by atoms with E-state index < -0.39 is 0 Å². The average molecular weight is 383 g/mol. The van der Waals surface area contributed by atoms with E-state index in [2.05, 4.69) is 36.9 Å². The van der Waals surface area contributed by atoms with Crippen LogP contribution in [0.3, 0.4) is 0 Å². The van der Waals surface area contributed by atoms with Crippen LogP contribution in [-0.4, -0.2) is 38.1 Å². The van der Waals surface area contributed by atoms with Crippen molar-refractivity contribution in [1.29, 1.82) is 0 Å². The van der Waals surface area contributed by atoms with Gasteiger partial charge in [0.15, 0.2) is 5.96 Å². The van der Waals surface area contributed by atoms with Crippen LogP contribution in [0.4, 0.5) is 0 Å². The molecular formula is C16H23BrN4O2. The van der Waals surface area contributed by atoms with Gasteiger partial charge in [0.1, 0.15) is 5.75 Å². The predicted molar refractivity (Wildman–Crippen MR) is 94.7 cm³/mol. The second kappa shape index (κ2) is 8.76. The van der Waals surface area contributed by atoms with Crippen LogP contribution in [-0.2, 0) is 11.3 Å². The number of rotatable bonds is 5. The summed E-state index contributed by atoms with van der Waals surface area (Å²) in [7, 11) is 1.66. The van der Waals surface area contributed by atoms with Crippen LogP contribution >= 0.6 is 15.9 Å².